The Labute approximate surface area is 195 Å². The van der Waals surface area contributed by atoms with E-state index in [9.17, 15) is 9.59 Å². The Hall–Kier alpha value is -2.41. The van der Waals surface area contributed by atoms with Crippen molar-refractivity contribution in [3.8, 4) is 0 Å². The molecule has 0 bridgehead atoms. The van der Waals surface area contributed by atoms with E-state index >= 15 is 0 Å². The summed E-state index contributed by atoms with van der Waals surface area (Å²) in [6.45, 7) is 6.71. The average Bonchev–Trinajstić information content (AvgIpc) is 2.83. The van der Waals surface area contributed by atoms with Crippen molar-refractivity contribution in [1.82, 2.24) is 15.1 Å². The fraction of sp³-hybridized carbons (Fsp3) is 0.440. The van der Waals surface area contributed by atoms with Crippen molar-refractivity contribution >= 4 is 23.4 Å². The zero-order chi connectivity index (χ0) is 22.8. The van der Waals surface area contributed by atoms with Crippen LogP contribution < -0.4 is 5.32 Å². The molecule has 1 aliphatic rings. The van der Waals surface area contributed by atoms with E-state index in [4.69, 9.17) is 16.3 Å². The van der Waals surface area contributed by atoms with Crippen LogP contribution in [-0.4, -0.2) is 67.0 Å². The maximum absolute atomic E-state index is 13.2. The van der Waals surface area contributed by atoms with Gasteiger partial charge in [-0.2, -0.15) is 0 Å². The molecule has 3 rings (SSSR count). The normalized spacial score (nSPS) is 15.2. The number of carbonyl (C=O) groups excluding carboxylic acids is 2. The minimum absolute atomic E-state index is 0.0420. The smallest absolute Gasteiger partial charge is 0.242 e. The number of nitrogens with zero attached hydrogens (tertiary/aromatic N) is 2. The van der Waals surface area contributed by atoms with Crippen molar-refractivity contribution in [2.24, 2.45) is 0 Å². The number of carbonyl (C=O) groups is 2. The van der Waals surface area contributed by atoms with Gasteiger partial charge in [-0.1, -0.05) is 54.1 Å². The van der Waals surface area contributed by atoms with Crippen LogP contribution in [-0.2, 0) is 27.3 Å². The zero-order valence-corrected chi connectivity index (χ0v) is 19.4. The Morgan fingerprint density at radius 3 is 2.44 bits per heavy atom. The molecule has 2 aromatic rings. The highest BCUT2D eigenvalue weighted by Crippen LogP contribution is 2.15. The molecule has 1 fully saturated rings. The summed E-state index contributed by atoms with van der Waals surface area (Å²) >= 11 is 6.01. The summed E-state index contributed by atoms with van der Waals surface area (Å²) in [6.07, 6.45) is 0.991. The first-order chi connectivity index (χ1) is 15.5. The molecule has 2 amide bonds. The van der Waals surface area contributed by atoms with Gasteiger partial charge in [-0.05, 0) is 36.6 Å². The van der Waals surface area contributed by atoms with Gasteiger partial charge in [-0.15, -0.1) is 0 Å². The number of hydrogen-bond donors (Lipinski definition) is 1. The highest BCUT2D eigenvalue weighted by Gasteiger charge is 2.26. The van der Waals surface area contributed by atoms with Crippen molar-refractivity contribution in [1.29, 1.82) is 0 Å². The molecule has 1 aliphatic heterocycles. The van der Waals surface area contributed by atoms with E-state index in [-0.39, 0.29) is 11.8 Å². The van der Waals surface area contributed by atoms with E-state index in [1.807, 2.05) is 42.5 Å². The third kappa shape index (κ3) is 7.62. The summed E-state index contributed by atoms with van der Waals surface area (Å²) in [6, 6.07) is 16.7. The highest BCUT2D eigenvalue weighted by molar-refractivity contribution is 6.30. The first-order valence-electron chi connectivity index (χ1n) is 11.2. The van der Waals surface area contributed by atoms with Gasteiger partial charge in [-0.25, -0.2) is 0 Å². The van der Waals surface area contributed by atoms with Gasteiger partial charge >= 0.3 is 0 Å². The van der Waals surface area contributed by atoms with Crippen molar-refractivity contribution in [3.63, 3.8) is 0 Å². The summed E-state index contributed by atoms with van der Waals surface area (Å²) in [7, 11) is 0. The molecule has 1 atom stereocenters. The molecule has 0 aromatic heterocycles. The molecule has 1 saturated heterocycles. The maximum atomic E-state index is 13.2. The van der Waals surface area contributed by atoms with Gasteiger partial charge in [0.25, 0.3) is 0 Å². The third-order valence-corrected chi connectivity index (χ3v) is 5.99. The van der Waals surface area contributed by atoms with Gasteiger partial charge in [0, 0.05) is 44.2 Å². The molecule has 2 aromatic carbocycles. The first kappa shape index (κ1) is 24.2. The lowest BCUT2D eigenvalue weighted by molar-refractivity contribution is -0.140. The molecule has 0 aliphatic carbocycles. The molecule has 1 heterocycles. The molecule has 0 radical (unpaired) electrons. The van der Waals surface area contributed by atoms with E-state index in [2.05, 4.69) is 10.2 Å². The van der Waals surface area contributed by atoms with Crippen molar-refractivity contribution in [2.75, 3.05) is 39.4 Å². The molecular weight excluding hydrogens is 426 g/mol. The van der Waals surface area contributed by atoms with Gasteiger partial charge < -0.3 is 15.0 Å². The molecule has 0 saturated carbocycles. The molecule has 7 heteroatoms. The second-order valence-electron chi connectivity index (χ2n) is 8.05. The number of amides is 2. The minimum atomic E-state index is -0.571. The maximum Gasteiger partial charge on any atom is 0.242 e. The summed E-state index contributed by atoms with van der Waals surface area (Å²) in [5.74, 6) is -0.181. The van der Waals surface area contributed by atoms with Gasteiger partial charge in [0.05, 0.1) is 13.2 Å². The minimum Gasteiger partial charge on any atom is -0.379 e. The van der Waals surface area contributed by atoms with Gasteiger partial charge in [0.1, 0.15) is 6.04 Å². The van der Waals surface area contributed by atoms with Gasteiger partial charge in [0.2, 0.25) is 11.8 Å². The van der Waals surface area contributed by atoms with Crippen LogP contribution in [0.25, 0.3) is 0 Å². The van der Waals surface area contributed by atoms with E-state index in [0.717, 1.165) is 44.0 Å². The Kier molecular flexibility index (Phi) is 9.53. The second kappa shape index (κ2) is 12.6. The summed E-state index contributed by atoms with van der Waals surface area (Å²) < 4.78 is 5.36. The van der Waals surface area contributed by atoms with Crippen LogP contribution >= 0.6 is 11.6 Å². The number of hydrogen-bond acceptors (Lipinski definition) is 4. The first-order valence-corrected chi connectivity index (χ1v) is 11.6. The number of rotatable bonds is 10. The Morgan fingerprint density at radius 2 is 1.75 bits per heavy atom. The molecule has 0 unspecified atom stereocenters. The quantitative estimate of drug-likeness (QED) is 0.595. The fourth-order valence-electron chi connectivity index (χ4n) is 3.72. The summed E-state index contributed by atoms with van der Waals surface area (Å²) in [4.78, 5) is 30.0. The summed E-state index contributed by atoms with van der Waals surface area (Å²) in [5, 5.41) is 3.64. The predicted molar refractivity (Wildman–Crippen MR) is 126 cm³/mol. The second-order valence-corrected chi connectivity index (χ2v) is 8.49. The predicted octanol–water partition coefficient (Wildman–Crippen LogP) is 3.14. The average molecular weight is 458 g/mol. The fourth-order valence-corrected chi connectivity index (χ4v) is 3.84. The summed E-state index contributed by atoms with van der Waals surface area (Å²) in [5.41, 5.74) is 2.05. The molecule has 172 valence electrons. The lowest BCUT2D eigenvalue weighted by atomic mass is 10.1. The van der Waals surface area contributed by atoms with Crippen LogP contribution in [0.2, 0.25) is 5.02 Å². The van der Waals surface area contributed by atoms with Crippen LogP contribution in [0.3, 0.4) is 0 Å². The Morgan fingerprint density at radius 1 is 1.06 bits per heavy atom. The van der Waals surface area contributed by atoms with Crippen LogP contribution in [0.15, 0.2) is 54.6 Å². The number of morpholine rings is 1. The monoisotopic (exact) mass is 457 g/mol. The molecule has 6 nitrogen and oxygen atoms in total. The lowest BCUT2D eigenvalue weighted by Gasteiger charge is -2.30. The largest absolute Gasteiger partial charge is 0.379 e. The van der Waals surface area contributed by atoms with Gasteiger partial charge in [0.15, 0.2) is 0 Å². The van der Waals surface area contributed by atoms with Crippen LogP contribution in [0, 0.1) is 0 Å². The van der Waals surface area contributed by atoms with E-state index in [0.29, 0.717) is 31.0 Å². The lowest BCUT2D eigenvalue weighted by Crippen LogP contribution is -2.49. The van der Waals surface area contributed by atoms with Crippen molar-refractivity contribution < 1.29 is 14.3 Å². The standard InChI is InChI=1S/C25H32ClN3O3/c1-20(25(31)27-13-14-28-15-17-32-18-16-28)29(19-22-7-10-23(26)11-8-22)24(30)12-9-21-5-3-2-4-6-21/h2-8,10-11,20H,9,12-19H2,1H3,(H,27,31)/t20-/m0/s1. The molecular formula is C25H32ClN3O3. The Bertz CT molecular complexity index is 854. The van der Waals surface area contributed by atoms with Crippen LogP contribution in [0.4, 0.5) is 0 Å². The number of benzene rings is 2. The zero-order valence-electron chi connectivity index (χ0n) is 18.6. The third-order valence-electron chi connectivity index (χ3n) is 5.73. The molecule has 32 heavy (non-hydrogen) atoms. The van der Waals surface area contributed by atoms with E-state index < -0.39 is 6.04 Å². The number of aryl methyl sites for hydroxylation is 1. The van der Waals surface area contributed by atoms with Gasteiger partial charge in [-0.3, -0.25) is 14.5 Å². The van der Waals surface area contributed by atoms with Crippen LogP contribution in [0.5, 0.6) is 0 Å². The van der Waals surface area contributed by atoms with E-state index in [1.54, 1.807) is 24.0 Å². The number of halogens is 1. The molecule has 0 spiro atoms. The number of ether oxygens (including phenoxy) is 1. The molecule has 1 N–H and O–H groups in total. The Balaban J connectivity index is 1.60. The number of nitrogens with one attached hydrogen (secondary N) is 1. The van der Waals surface area contributed by atoms with Crippen molar-refractivity contribution in [2.45, 2.75) is 32.4 Å². The van der Waals surface area contributed by atoms with Crippen molar-refractivity contribution in [3.05, 3.63) is 70.7 Å². The SMILES string of the molecule is C[C@@H](C(=O)NCCN1CCOCC1)N(Cc1ccc(Cl)cc1)C(=O)CCc1ccccc1. The topological polar surface area (TPSA) is 61.9 Å². The van der Waals surface area contributed by atoms with E-state index in [1.165, 1.54) is 0 Å². The highest BCUT2D eigenvalue weighted by atomic mass is 35.5. The van der Waals surface area contributed by atoms with Crippen LogP contribution in [0.1, 0.15) is 24.5 Å².